The summed E-state index contributed by atoms with van der Waals surface area (Å²) in [6.07, 6.45) is 3.52. The Balaban J connectivity index is 1.82. The minimum Gasteiger partial charge on any atom is -0.489 e. The molecule has 20 heavy (non-hydrogen) atoms. The van der Waals surface area contributed by atoms with Gasteiger partial charge in [-0.25, -0.2) is 0 Å². The second-order valence-corrected chi connectivity index (χ2v) is 4.75. The largest absolute Gasteiger partial charge is 0.489 e. The normalized spacial score (nSPS) is 12.1. The Hall–Kier alpha value is -1.91. The lowest BCUT2D eigenvalue weighted by atomic mass is 10.2. The first-order valence-corrected chi connectivity index (χ1v) is 6.73. The monoisotopic (exact) mass is 272 g/mol. The van der Waals surface area contributed by atoms with Gasteiger partial charge in [0.25, 0.3) is 0 Å². The van der Waals surface area contributed by atoms with E-state index in [2.05, 4.69) is 10.3 Å². The van der Waals surface area contributed by atoms with Gasteiger partial charge in [-0.15, -0.1) is 0 Å². The Bertz CT molecular complexity index is 500. The zero-order valence-corrected chi connectivity index (χ0v) is 11.6. The van der Waals surface area contributed by atoms with Crippen LogP contribution in [0.4, 0.5) is 0 Å². The summed E-state index contributed by atoms with van der Waals surface area (Å²) in [5, 5.41) is 12.2. The first-order chi connectivity index (χ1) is 9.78. The lowest BCUT2D eigenvalue weighted by Crippen LogP contribution is -2.28. The molecule has 4 nitrogen and oxygen atoms in total. The van der Waals surface area contributed by atoms with Crippen molar-refractivity contribution in [3.63, 3.8) is 0 Å². The lowest BCUT2D eigenvalue weighted by molar-refractivity contribution is 0.251. The van der Waals surface area contributed by atoms with Crippen LogP contribution in [0.2, 0.25) is 0 Å². The maximum Gasteiger partial charge on any atom is 0.119 e. The van der Waals surface area contributed by atoms with Crippen LogP contribution in [0, 0.1) is 0 Å². The van der Waals surface area contributed by atoms with Gasteiger partial charge in [0.2, 0.25) is 0 Å². The van der Waals surface area contributed by atoms with E-state index in [1.165, 1.54) is 5.56 Å². The number of nitrogens with one attached hydrogen (secondary N) is 1. The van der Waals surface area contributed by atoms with E-state index >= 15 is 0 Å². The van der Waals surface area contributed by atoms with E-state index in [1.54, 1.807) is 12.4 Å². The molecule has 106 valence electrons. The fourth-order valence-electron chi connectivity index (χ4n) is 1.71. The van der Waals surface area contributed by atoms with Crippen molar-refractivity contribution in [3.8, 4) is 5.75 Å². The number of hydrogen-bond donors (Lipinski definition) is 2. The first-order valence-electron chi connectivity index (χ1n) is 6.73. The summed E-state index contributed by atoms with van der Waals surface area (Å²) >= 11 is 0. The van der Waals surface area contributed by atoms with Crippen molar-refractivity contribution in [2.24, 2.45) is 0 Å². The van der Waals surface area contributed by atoms with Crippen molar-refractivity contribution in [3.05, 3.63) is 59.9 Å². The summed E-state index contributed by atoms with van der Waals surface area (Å²) in [7, 11) is 0. The van der Waals surface area contributed by atoms with Gasteiger partial charge in [-0.05, 0) is 42.3 Å². The SMILES string of the molecule is C[C@H](CO)NCc1ccc(OCc2ccncc2)cc1. The Morgan fingerprint density at radius 2 is 1.80 bits per heavy atom. The zero-order valence-electron chi connectivity index (χ0n) is 11.6. The highest BCUT2D eigenvalue weighted by Gasteiger charge is 2.00. The molecule has 0 aliphatic carbocycles. The average molecular weight is 272 g/mol. The number of ether oxygens (including phenoxy) is 1. The number of benzene rings is 1. The second kappa shape index (κ2) is 7.62. The van der Waals surface area contributed by atoms with Crippen molar-refractivity contribution in [1.29, 1.82) is 0 Å². The van der Waals surface area contributed by atoms with Crippen LogP contribution >= 0.6 is 0 Å². The quantitative estimate of drug-likeness (QED) is 0.810. The molecule has 0 aliphatic heterocycles. The van der Waals surface area contributed by atoms with Crippen molar-refractivity contribution in [1.82, 2.24) is 10.3 Å². The predicted molar refractivity (Wildman–Crippen MR) is 78.4 cm³/mol. The summed E-state index contributed by atoms with van der Waals surface area (Å²) in [6, 6.07) is 12.0. The molecule has 0 amide bonds. The Morgan fingerprint density at radius 3 is 2.45 bits per heavy atom. The topological polar surface area (TPSA) is 54.4 Å². The molecule has 0 aliphatic rings. The third-order valence-electron chi connectivity index (χ3n) is 3.01. The molecule has 1 aromatic heterocycles. The summed E-state index contributed by atoms with van der Waals surface area (Å²) in [4.78, 5) is 3.97. The minimum absolute atomic E-state index is 0.109. The maximum atomic E-state index is 8.95. The van der Waals surface area contributed by atoms with E-state index in [-0.39, 0.29) is 12.6 Å². The van der Waals surface area contributed by atoms with Crippen LogP contribution in [-0.2, 0) is 13.2 Å². The summed E-state index contributed by atoms with van der Waals surface area (Å²) in [5.74, 6) is 0.848. The van der Waals surface area contributed by atoms with E-state index in [1.807, 2.05) is 43.3 Å². The molecule has 1 atom stereocenters. The van der Waals surface area contributed by atoms with Crippen molar-refractivity contribution < 1.29 is 9.84 Å². The average Bonchev–Trinajstić information content (AvgIpc) is 2.52. The van der Waals surface area contributed by atoms with Crippen LogP contribution < -0.4 is 10.1 Å². The van der Waals surface area contributed by atoms with Crippen molar-refractivity contribution in [2.45, 2.75) is 26.1 Å². The molecule has 0 unspecified atom stereocenters. The number of aliphatic hydroxyl groups excluding tert-OH is 1. The van der Waals surface area contributed by atoms with Crippen LogP contribution in [-0.4, -0.2) is 22.7 Å². The minimum atomic E-state index is 0.109. The number of aliphatic hydroxyl groups is 1. The van der Waals surface area contributed by atoms with Gasteiger partial charge in [0.1, 0.15) is 12.4 Å². The molecule has 4 heteroatoms. The third kappa shape index (κ3) is 4.64. The van der Waals surface area contributed by atoms with Gasteiger partial charge in [0.15, 0.2) is 0 Å². The number of nitrogens with zero attached hydrogens (tertiary/aromatic N) is 1. The van der Waals surface area contributed by atoms with Crippen LogP contribution in [0.5, 0.6) is 5.75 Å². The van der Waals surface area contributed by atoms with Gasteiger partial charge in [0, 0.05) is 25.0 Å². The van der Waals surface area contributed by atoms with Crippen LogP contribution in [0.15, 0.2) is 48.8 Å². The molecular weight excluding hydrogens is 252 g/mol. The summed E-state index contributed by atoms with van der Waals surface area (Å²) < 4.78 is 5.71. The second-order valence-electron chi connectivity index (χ2n) is 4.75. The van der Waals surface area contributed by atoms with Crippen LogP contribution in [0.25, 0.3) is 0 Å². The van der Waals surface area contributed by atoms with Gasteiger partial charge in [-0.3, -0.25) is 4.98 Å². The highest BCUT2D eigenvalue weighted by atomic mass is 16.5. The van der Waals surface area contributed by atoms with Gasteiger partial charge < -0.3 is 15.2 Å². The molecule has 0 fully saturated rings. The van der Waals surface area contributed by atoms with Crippen LogP contribution in [0.1, 0.15) is 18.1 Å². The number of pyridine rings is 1. The predicted octanol–water partition coefficient (Wildman–Crippen LogP) is 2.13. The fraction of sp³-hybridized carbons (Fsp3) is 0.312. The smallest absolute Gasteiger partial charge is 0.119 e. The van der Waals surface area contributed by atoms with Gasteiger partial charge in [-0.2, -0.15) is 0 Å². The molecule has 0 spiro atoms. The Kier molecular flexibility index (Phi) is 5.53. The standard InChI is InChI=1S/C16H20N2O2/c1-13(11-19)18-10-14-2-4-16(5-3-14)20-12-15-6-8-17-9-7-15/h2-9,13,18-19H,10-12H2,1H3/t13-/m1/s1. The fourth-order valence-corrected chi connectivity index (χ4v) is 1.71. The highest BCUT2D eigenvalue weighted by Crippen LogP contribution is 2.14. The molecule has 0 radical (unpaired) electrons. The third-order valence-corrected chi connectivity index (χ3v) is 3.01. The number of aromatic nitrogens is 1. The molecule has 1 heterocycles. The lowest BCUT2D eigenvalue weighted by Gasteiger charge is -2.11. The van der Waals surface area contributed by atoms with Gasteiger partial charge in [-0.1, -0.05) is 12.1 Å². The van der Waals surface area contributed by atoms with Crippen LogP contribution in [0.3, 0.4) is 0 Å². The van der Waals surface area contributed by atoms with Gasteiger partial charge >= 0.3 is 0 Å². The summed E-state index contributed by atoms with van der Waals surface area (Å²) in [5.41, 5.74) is 2.27. The maximum absolute atomic E-state index is 8.95. The molecular formula is C16H20N2O2. The first kappa shape index (κ1) is 14.5. The van der Waals surface area contributed by atoms with Crippen molar-refractivity contribution >= 4 is 0 Å². The molecule has 0 saturated carbocycles. The zero-order chi connectivity index (χ0) is 14.2. The van der Waals surface area contributed by atoms with E-state index in [4.69, 9.17) is 9.84 Å². The summed E-state index contributed by atoms with van der Waals surface area (Å²) in [6.45, 7) is 3.38. The highest BCUT2D eigenvalue weighted by molar-refractivity contribution is 5.27. The Labute approximate surface area is 119 Å². The van der Waals surface area contributed by atoms with E-state index < -0.39 is 0 Å². The molecule has 2 aromatic rings. The molecule has 1 aromatic carbocycles. The van der Waals surface area contributed by atoms with E-state index in [9.17, 15) is 0 Å². The van der Waals surface area contributed by atoms with Crippen molar-refractivity contribution in [2.75, 3.05) is 6.61 Å². The Morgan fingerprint density at radius 1 is 1.10 bits per heavy atom. The number of hydrogen-bond acceptors (Lipinski definition) is 4. The van der Waals surface area contributed by atoms with E-state index in [0.717, 1.165) is 17.9 Å². The number of rotatable bonds is 7. The molecule has 2 rings (SSSR count). The molecule has 2 N–H and O–H groups in total. The van der Waals surface area contributed by atoms with Gasteiger partial charge in [0.05, 0.1) is 6.61 Å². The van der Waals surface area contributed by atoms with E-state index in [0.29, 0.717) is 6.61 Å². The molecule has 0 bridgehead atoms. The molecule has 0 saturated heterocycles.